The Hall–Kier alpha value is -0.330. The van der Waals surface area contributed by atoms with Crippen molar-refractivity contribution in [2.45, 2.75) is 4.83 Å². The van der Waals surface area contributed by atoms with Crippen molar-refractivity contribution in [3.63, 3.8) is 0 Å². The average Bonchev–Trinajstić information content (AvgIpc) is 2.61. The number of rotatable bonds is 5. The summed E-state index contributed by atoms with van der Waals surface area (Å²) < 4.78 is 10.3. The van der Waals surface area contributed by atoms with E-state index in [0.29, 0.717) is 23.4 Å². The lowest BCUT2D eigenvalue weighted by Gasteiger charge is -2.09. The standard InChI is InChI=1S/C9H11Br2NO3/c1-14-5-6(10)4-12-9(13)7-2-3-15-8(7)11/h2-3,6H,4-5H2,1H3,(H,12,13). The van der Waals surface area contributed by atoms with Gasteiger partial charge in [0, 0.05) is 13.7 Å². The second-order valence-electron chi connectivity index (χ2n) is 2.87. The molecule has 0 aliphatic heterocycles. The second-order valence-corrected chi connectivity index (χ2v) is 4.89. The van der Waals surface area contributed by atoms with Crippen molar-refractivity contribution in [1.82, 2.24) is 5.32 Å². The first kappa shape index (κ1) is 12.7. The molecular weight excluding hydrogens is 330 g/mol. The van der Waals surface area contributed by atoms with E-state index in [1.165, 1.54) is 6.26 Å². The Bertz CT molecular complexity index is 327. The molecule has 0 aromatic carbocycles. The van der Waals surface area contributed by atoms with Crippen LogP contribution in [0.2, 0.25) is 0 Å². The Morgan fingerprint density at radius 2 is 2.47 bits per heavy atom. The summed E-state index contributed by atoms with van der Waals surface area (Å²) in [5.74, 6) is -0.170. The topological polar surface area (TPSA) is 51.5 Å². The van der Waals surface area contributed by atoms with Crippen molar-refractivity contribution in [2.75, 3.05) is 20.3 Å². The zero-order valence-corrected chi connectivity index (χ0v) is 11.3. The van der Waals surface area contributed by atoms with E-state index < -0.39 is 0 Å². The van der Waals surface area contributed by atoms with Crippen LogP contribution in [0.25, 0.3) is 0 Å². The normalized spacial score (nSPS) is 12.5. The van der Waals surface area contributed by atoms with Gasteiger partial charge < -0.3 is 14.5 Å². The minimum absolute atomic E-state index is 0.108. The third-order valence-corrected chi connectivity index (χ3v) is 2.90. The Balaban J connectivity index is 2.40. The molecule has 1 heterocycles. The number of alkyl halides is 1. The van der Waals surface area contributed by atoms with Crippen LogP contribution in [0.15, 0.2) is 21.4 Å². The van der Waals surface area contributed by atoms with Gasteiger partial charge in [0.25, 0.3) is 5.91 Å². The van der Waals surface area contributed by atoms with Crippen molar-refractivity contribution in [3.05, 3.63) is 22.6 Å². The molecule has 0 aliphatic carbocycles. The first-order valence-electron chi connectivity index (χ1n) is 4.29. The van der Waals surface area contributed by atoms with Crippen LogP contribution < -0.4 is 5.32 Å². The summed E-state index contributed by atoms with van der Waals surface area (Å²) in [6.45, 7) is 1.05. The molecule has 1 atom stereocenters. The minimum Gasteiger partial charge on any atom is -0.457 e. The first-order valence-corrected chi connectivity index (χ1v) is 6.00. The lowest BCUT2D eigenvalue weighted by molar-refractivity contribution is 0.0948. The quantitative estimate of drug-likeness (QED) is 0.836. The van der Waals surface area contributed by atoms with E-state index in [1.54, 1.807) is 13.2 Å². The number of nitrogens with one attached hydrogen (secondary N) is 1. The molecule has 0 aliphatic rings. The highest BCUT2D eigenvalue weighted by Crippen LogP contribution is 2.17. The third-order valence-electron chi connectivity index (χ3n) is 1.69. The lowest BCUT2D eigenvalue weighted by Crippen LogP contribution is -2.31. The summed E-state index contributed by atoms with van der Waals surface area (Å²) in [5.41, 5.74) is 0.493. The molecule has 4 nitrogen and oxygen atoms in total. The SMILES string of the molecule is COCC(Br)CNC(=O)c1ccoc1Br. The molecule has 1 aromatic rings. The highest BCUT2D eigenvalue weighted by Gasteiger charge is 2.13. The number of carbonyl (C=O) groups excluding carboxylic acids is 1. The van der Waals surface area contributed by atoms with Crippen LogP contribution in [-0.4, -0.2) is 31.0 Å². The fourth-order valence-corrected chi connectivity index (χ4v) is 1.84. The van der Waals surface area contributed by atoms with Crippen LogP contribution >= 0.6 is 31.9 Å². The fourth-order valence-electron chi connectivity index (χ4n) is 0.994. The number of hydrogen-bond acceptors (Lipinski definition) is 3. The van der Waals surface area contributed by atoms with Crippen LogP contribution in [0.1, 0.15) is 10.4 Å². The number of methoxy groups -OCH3 is 1. The van der Waals surface area contributed by atoms with Gasteiger partial charge in [0.15, 0.2) is 4.67 Å². The van der Waals surface area contributed by atoms with Gasteiger partial charge in [-0.05, 0) is 22.0 Å². The van der Waals surface area contributed by atoms with Gasteiger partial charge in [0.2, 0.25) is 0 Å². The highest BCUT2D eigenvalue weighted by molar-refractivity contribution is 9.10. The molecule has 0 radical (unpaired) electrons. The summed E-state index contributed by atoms with van der Waals surface area (Å²) >= 11 is 6.51. The number of ether oxygens (including phenoxy) is 1. The molecule has 0 saturated carbocycles. The number of furan rings is 1. The Morgan fingerprint density at radius 1 is 1.73 bits per heavy atom. The summed E-state index contributed by atoms with van der Waals surface area (Å²) in [6, 6.07) is 1.61. The van der Waals surface area contributed by atoms with E-state index in [-0.39, 0.29) is 10.7 Å². The van der Waals surface area contributed by atoms with Crippen molar-refractivity contribution in [1.29, 1.82) is 0 Å². The van der Waals surface area contributed by atoms with E-state index in [2.05, 4.69) is 37.2 Å². The highest BCUT2D eigenvalue weighted by atomic mass is 79.9. The molecule has 1 unspecified atom stereocenters. The molecule has 1 amide bonds. The van der Waals surface area contributed by atoms with Crippen molar-refractivity contribution < 1.29 is 13.9 Å². The van der Waals surface area contributed by atoms with Crippen molar-refractivity contribution in [2.24, 2.45) is 0 Å². The van der Waals surface area contributed by atoms with Crippen LogP contribution in [0.4, 0.5) is 0 Å². The summed E-state index contributed by atoms with van der Waals surface area (Å²) in [4.78, 5) is 11.7. The second kappa shape index (κ2) is 6.30. The predicted octanol–water partition coefficient (Wildman–Crippen LogP) is 2.18. The summed E-state index contributed by atoms with van der Waals surface area (Å²) in [7, 11) is 1.61. The van der Waals surface area contributed by atoms with Gasteiger partial charge in [0.1, 0.15) is 0 Å². The van der Waals surface area contributed by atoms with Gasteiger partial charge in [-0.1, -0.05) is 15.9 Å². The molecule has 15 heavy (non-hydrogen) atoms. The molecule has 1 N–H and O–H groups in total. The van der Waals surface area contributed by atoms with E-state index in [1.807, 2.05) is 0 Å². The molecule has 0 bridgehead atoms. The van der Waals surface area contributed by atoms with E-state index in [0.717, 1.165) is 0 Å². The van der Waals surface area contributed by atoms with Crippen LogP contribution in [0.5, 0.6) is 0 Å². The minimum atomic E-state index is -0.170. The Morgan fingerprint density at radius 3 is 3.00 bits per heavy atom. The maximum absolute atomic E-state index is 11.6. The van der Waals surface area contributed by atoms with Crippen LogP contribution in [0, 0.1) is 0 Å². The number of amides is 1. The van der Waals surface area contributed by atoms with Gasteiger partial charge >= 0.3 is 0 Å². The number of carbonyl (C=O) groups is 1. The third kappa shape index (κ3) is 3.96. The fraction of sp³-hybridized carbons (Fsp3) is 0.444. The maximum Gasteiger partial charge on any atom is 0.255 e. The molecule has 0 saturated heterocycles. The summed E-state index contributed by atoms with van der Waals surface area (Å²) in [5, 5.41) is 2.75. The zero-order valence-electron chi connectivity index (χ0n) is 8.13. The lowest BCUT2D eigenvalue weighted by atomic mass is 10.3. The monoisotopic (exact) mass is 339 g/mol. The molecule has 84 valence electrons. The van der Waals surface area contributed by atoms with E-state index >= 15 is 0 Å². The molecule has 1 aromatic heterocycles. The Kier molecular flexibility index (Phi) is 5.35. The first-order chi connectivity index (χ1) is 7.15. The van der Waals surface area contributed by atoms with Crippen molar-refractivity contribution in [3.8, 4) is 0 Å². The molecule has 0 fully saturated rings. The smallest absolute Gasteiger partial charge is 0.255 e. The van der Waals surface area contributed by atoms with Gasteiger partial charge in [-0.2, -0.15) is 0 Å². The molecule has 0 spiro atoms. The number of halogens is 2. The van der Waals surface area contributed by atoms with Gasteiger partial charge in [-0.25, -0.2) is 0 Å². The largest absolute Gasteiger partial charge is 0.457 e. The van der Waals surface area contributed by atoms with Crippen molar-refractivity contribution >= 4 is 37.8 Å². The Labute approximate surface area is 105 Å². The average molecular weight is 341 g/mol. The van der Waals surface area contributed by atoms with Gasteiger partial charge in [-0.3, -0.25) is 4.79 Å². The van der Waals surface area contributed by atoms with Gasteiger partial charge in [-0.15, -0.1) is 0 Å². The maximum atomic E-state index is 11.6. The van der Waals surface area contributed by atoms with Crippen LogP contribution in [0.3, 0.4) is 0 Å². The zero-order chi connectivity index (χ0) is 11.3. The molecular formula is C9H11Br2NO3. The van der Waals surface area contributed by atoms with Gasteiger partial charge in [0.05, 0.1) is 23.3 Å². The van der Waals surface area contributed by atoms with E-state index in [9.17, 15) is 4.79 Å². The van der Waals surface area contributed by atoms with Crippen LogP contribution in [-0.2, 0) is 4.74 Å². The predicted molar refractivity (Wildman–Crippen MR) is 63.3 cm³/mol. The molecule has 6 heteroatoms. The number of hydrogen-bond donors (Lipinski definition) is 1. The molecule has 1 rings (SSSR count). The van der Waals surface area contributed by atoms with E-state index in [4.69, 9.17) is 9.15 Å². The summed E-state index contributed by atoms with van der Waals surface area (Å²) in [6.07, 6.45) is 1.46.